The van der Waals surface area contributed by atoms with E-state index >= 15 is 0 Å². The van der Waals surface area contributed by atoms with Crippen LogP contribution in [0.15, 0.2) is 48.5 Å². The molecule has 1 amide bonds. The maximum atomic E-state index is 11.9. The molecule has 0 aliphatic rings. The molecule has 5 nitrogen and oxygen atoms in total. The van der Waals surface area contributed by atoms with Crippen LogP contribution in [0.3, 0.4) is 0 Å². The van der Waals surface area contributed by atoms with Crippen molar-refractivity contribution in [1.82, 2.24) is 5.32 Å². The van der Waals surface area contributed by atoms with Gasteiger partial charge in [-0.3, -0.25) is 4.79 Å². The summed E-state index contributed by atoms with van der Waals surface area (Å²) in [4.78, 5) is 11.9. The molecule has 0 heterocycles. The Morgan fingerprint density at radius 1 is 0.958 bits per heavy atom. The first-order valence-electron chi connectivity index (χ1n) is 7.82. The van der Waals surface area contributed by atoms with Gasteiger partial charge in [0, 0.05) is 0 Å². The lowest BCUT2D eigenvalue weighted by molar-refractivity contribution is -0.123. The molecule has 0 saturated heterocycles. The van der Waals surface area contributed by atoms with Gasteiger partial charge in [-0.25, -0.2) is 0 Å². The molecule has 0 saturated carbocycles. The van der Waals surface area contributed by atoms with Crippen molar-refractivity contribution in [2.24, 2.45) is 0 Å². The molecule has 2 aromatic carbocycles. The fourth-order valence-electron chi connectivity index (χ4n) is 2.03. The number of amides is 1. The molecule has 0 bridgehead atoms. The summed E-state index contributed by atoms with van der Waals surface area (Å²) in [6.07, 6.45) is 0. The zero-order chi connectivity index (χ0) is 17.4. The summed E-state index contributed by atoms with van der Waals surface area (Å²) in [6, 6.07) is 14.8. The molecule has 0 radical (unpaired) electrons. The van der Waals surface area contributed by atoms with E-state index in [0.717, 1.165) is 11.5 Å². The third-order valence-corrected chi connectivity index (χ3v) is 3.36. The van der Waals surface area contributed by atoms with Gasteiger partial charge in [-0.2, -0.15) is 0 Å². The molecule has 24 heavy (non-hydrogen) atoms. The lowest BCUT2D eigenvalue weighted by Crippen LogP contribution is -2.39. The van der Waals surface area contributed by atoms with E-state index in [1.807, 2.05) is 38.1 Å². The number of carbonyl (C=O) groups excluding carboxylic acids is 1. The third kappa shape index (κ3) is 5.83. The standard InChI is InChI=1S/C19H23NO4/c1-14-4-6-17(7-5-14)23-12-15(2)20-19(21)13-24-18-10-8-16(22-3)9-11-18/h4-11,15H,12-13H2,1-3H3,(H,20,21). The predicted molar refractivity (Wildman–Crippen MR) is 92.8 cm³/mol. The highest BCUT2D eigenvalue weighted by Crippen LogP contribution is 2.16. The molecule has 5 heteroatoms. The largest absolute Gasteiger partial charge is 0.497 e. The second-order valence-corrected chi connectivity index (χ2v) is 5.56. The predicted octanol–water partition coefficient (Wildman–Crippen LogP) is 2.97. The molecule has 0 fully saturated rings. The van der Waals surface area contributed by atoms with Gasteiger partial charge < -0.3 is 19.5 Å². The van der Waals surface area contributed by atoms with Crippen LogP contribution >= 0.6 is 0 Å². The molecular formula is C19H23NO4. The van der Waals surface area contributed by atoms with Crippen molar-refractivity contribution in [3.63, 3.8) is 0 Å². The summed E-state index contributed by atoms with van der Waals surface area (Å²) in [6.45, 7) is 4.27. The monoisotopic (exact) mass is 329 g/mol. The van der Waals surface area contributed by atoms with E-state index in [1.165, 1.54) is 5.56 Å². The van der Waals surface area contributed by atoms with Gasteiger partial charge in [0.1, 0.15) is 23.9 Å². The average Bonchev–Trinajstić information content (AvgIpc) is 2.60. The first-order valence-corrected chi connectivity index (χ1v) is 7.82. The normalized spacial score (nSPS) is 11.5. The highest BCUT2D eigenvalue weighted by molar-refractivity contribution is 5.77. The average molecular weight is 329 g/mol. The van der Waals surface area contributed by atoms with Crippen LogP contribution in [0.2, 0.25) is 0 Å². The first kappa shape index (κ1) is 17.7. The SMILES string of the molecule is COc1ccc(OCC(=O)NC(C)COc2ccc(C)cc2)cc1. The first-order chi connectivity index (χ1) is 11.6. The van der Waals surface area contributed by atoms with E-state index in [0.29, 0.717) is 12.4 Å². The van der Waals surface area contributed by atoms with Crippen molar-refractivity contribution >= 4 is 5.91 Å². The van der Waals surface area contributed by atoms with Crippen molar-refractivity contribution in [1.29, 1.82) is 0 Å². The molecule has 0 spiro atoms. The number of nitrogens with one attached hydrogen (secondary N) is 1. The van der Waals surface area contributed by atoms with Crippen LogP contribution in [0.5, 0.6) is 17.2 Å². The van der Waals surface area contributed by atoms with Gasteiger partial charge in [0.2, 0.25) is 0 Å². The number of rotatable bonds is 8. The second-order valence-electron chi connectivity index (χ2n) is 5.56. The lowest BCUT2D eigenvalue weighted by atomic mass is 10.2. The number of hydrogen-bond donors (Lipinski definition) is 1. The minimum Gasteiger partial charge on any atom is -0.497 e. The van der Waals surface area contributed by atoms with Crippen molar-refractivity contribution in [2.75, 3.05) is 20.3 Å². The minimum absolute atomic E-state index is 0.0405. The van der Waals surface area contributed by atoms with E-state index in [1.54, 1.807) is 31.4 Å². The maximum Gasteiger partial charge on any atom is 0.258 e. The van der Waals surface area contributed by atoms with Gasteiger partial charge in [0.05, 0.1) is 13.2 Å². The number of ether oxygens (including phenoxy) is 3. The number of methoxy groups -OCH3 is 1. The summed E-state index contributed by atoms with van der Waals surface area (Å²) in [5.41, 5.74) is 1.18. The smallest absolute Gasteiger partial charge is 0.258 e. The van der Waals surface area contributed by atoms with E-state index in [-0.39, 0.29) is 18.6 Å². The number of carbonyl (C=O) groups is 1. The number of benzene rings is 2. The van der Waals surface area contributed by atoms with Crippen LogP contribution in [0.4, 0.5) is 0 Å². The molecule has 1 N–H and O–H groups in total. The van der Waals surface area contributed by atoms with Gasteiger partial charge in [-0.15, -0.1) is 0 Å². The molecular weight excluding hydrogens is 306 g/mol. The zero-order valence-corrected chi connectivity index (χ0v) is 14.2. The van der Waals surface area contributed by atoms with E-state index in [2.05, 4.69) is 5.32 Å². The van der Waals surface area contributed by atoms with Crippen LogP contribution in [-0.4, -0.2) is 32.3 Å². The Balaban J connectivity index is 1.69. The summed E-state index contributed by atoms with van der Waals surface area (Å²) >= 11 is 0. The van der Waals surface area contributed by atoms with Gasteiger partial charge in [-0.1, -0.05) is 17.7 Å². The molecule has 0 aromatic heterocycles. The maximum absolute atomic E-state index is 11.9. The Hall–Kier alpha value is -2.69. The summed E-state index contributed by atoms with van der Waals surface area (Å²) in [5, 5.41) is 2.84. The van der Waals surface area contributed by atoms with E-state index in [4.69, 9.17) is 14.2 Å². The van der Waals surface area contributed by atoms with Crippen LogP contribution in [0.1, 0.15) is 12.5 Å². The second kappa shape index (κ2) is 8.82. The number of aryl methyl sites for hydroxylation is 1. The van der Waals surface area contributed by atoms with Crippen molar-refractivity contribution < 1.29 is 19.0 Å². The summed E-state index contributed by atoms with van der Waals surface area (Å²) in [5.74, 6) is 1.96. The molecule has 1 atom stereocenters. The molecule has 2 rings (SSSR count). The van der Waals surface area contributed by atoms with Gasteiger partial charge in [-0.05, 0) is 50.2 Å². The van der Waals surface area contributed by atoms with Crippen LogP contribution in [-0.2, 0) is 4.79 Å². The molecule has 0 aliphatic carbocycles. The van der Waals surface area contributed by atoms with Gasteiger partial charge in [0.15, 0.2) is 6.61 Å². The molecule has 128 valence electrons. The quantitative estimate of drug-likeness (QED) is 0.809. The lowest BCUT2D eigenvalue weighted by Gasteiger charge is -2.15. The van der Waals surface area contributed by atoms with Crippen molar-refractivity contribution in [3.8, 4) is 17.2 Å². The van der Waals surface area contributed by atoms with Crippen molar-refractivity contribution in [3.05, 3.63) is 54.1 Å². The topological polar surface area (TPSA) is 56.8 Å². The molecule has 1 unspecified atom stereocenters. The van der Waals surface area contributed by atoms with E-state index in [9.17, 15) is 4.79 Å². The Morgan fingerprint density at radius 3 is 2.12 bits per heavy atom. The third-order valence-electron chi connectivity index (χ3n) is 3.36. The fourth-order valence-corrected chi connectivity index (χ4v) is 2.03. The summed E-state index contributed by atoms with van der Waals surface area (Å²) < 4.78 is 16.1. The molecule has 0 aliphatic heterocycles. The van der Waals surface area contributed by atoms with Crippen molar-refractivity contribution in [2.45, 2.75) is 19.9 Å². The van der Waals surface area contributed by atoms with E-state index < -0.39 is 0 Å². The Bertz CT molecular complexity index is 637. The minimum atomic E-state index is -0.189. The Labute approximate surface area is 142 Å². The van der Waals surface area contributed by atoms with Crippen LogP contribution in [0.25, 0.3) is 0 Å². The summed E-state index contributed by atoms with van der Waals surface area (Å²) in [7, 11) is 1.60. The highest BCUT2D eigenvalue weighted by atomic mass is 16.5. The highest BCUT2D eigenvalue weighted by Gasteiger charge is 2.09. The zero-order valence-electron chi connectivity index (χ0n) is 14.2. The Morgan fingerprint density at radius 2 is 1.50 bits per heavy atom. The van der Waals surface area contributed by atoms with Gasteiger partial charge >= 0.3 is 0 Å². The Kier molecular flexibility index (Phi) is 6.49. The number of hydrogen-bond acceptors (Lipinski definition) is 4. The van der Waals surface area contributed by atoms with Crippen LogP contribution in [0, 0.1) is 6.92 Å². The molecule has 2 aromatic rings. The van der Waals surface area contributed by atoms with Crippen LogP contribution < -0.4 is 19.5 Å². The fraction of sp³-hybridized carbons (Fsp3) is 0.316. The van der Waals surface area contributed by atoms with Gasteiger partial charge in [0.25, 0.3) is 5.91 Å².